The van der Waals surface area contributed by atoms with E-state index >= 15 is 0 Å². The van der Waals surface area contributed by atoms with Crippen LogP contribution in [0.3, 0.4) is 0 Å². The molecule has 0 aromatic heterocycles. The Balaban J connectivity index is 1.69. The minimum atomic E-state index is -3.70. The Morgan fingerprint density at radius 2 is 2.04 bits per heavy atom. The molecule has 1 heterocycles. The molecule has 1 atom stereocenters. The summed E-state index contributed by atoms with van der Waals surface area (Å²) in [5.74, 6) is 0.594. The standard InChI is InChI=1S/C17H18ClNO4S/c18-13-4-1-8-17(10-13)24(20,21)19-14-5-2-6-15(11-14)23-12-16-7-3-9-22-16/h1-2,4-6,8,10-11,16,19H,3,7,9,12H2/t16-/m0/s1. The van der Waals surface area contributed by atoms with E-state index in [9.17, 15) is 8.42 Å². The van der Waals surface area contributed by atoms with Crippen LogP contribution in [0.1, 0.15) is 12.8 Å². The summed E-state index contributed by atoms with van der Waals surface area (Å²) in [6, 6.07) is 13.0. The zero-order valence-corrected chi connectivity index (χ0v) is 14.5. The number of ether oxygens (including phenoxy) is 2. The van der Waals surface area contributed by atoms with Gasteiger partial charge in [0.2, 0.25) is 0 Å². The Labute approximate surface area is 146 Å². The molecule has 0 saturated carbocycles. The molecule has 0 amide bonds. The van der Waals surface area contributed by atoms with Crippen molar-refractivity contribution in [3.8, 4) is 5.75 Å². The van der Waals surface area contributed by atoms with Crippen LogP contribution in [0.4, 0.5) is 5.69 Å². The first-order valence-electron chi connectivity index (χ1n) is 7.66. The molecular weight excluding hydrogens is 350 g/mol. The maximum absolute atomic E-state index is 12.4. The van der Waals surface area contributed by atoms with Crippen LogP contribution in [0.15, 0.2) is 53.4 Å². The highest BCUT2D eigenvalue weighted by Crippen LogP contribution is 2.23. The first kappa shape index (κ1) is 17.1. The summed E-state index contributed by atoms with van der Waals surface area (Å²) in [5, 5.41) is 0.367. The van der Waals surface area contributed by atoms with Gasteiger partial charge in [-0.15, -0.1) is 0 Å². The lowest BCUT2D eigenvalue weighted by Crippen LogP contribution is -2.16. The number of anilines is 1. The summed E-state index contributed by atoms with van der Waals surface area (Å²) >= 11 is 5.86. The summed E-state index contributed by atoms with van der Waals surface area (Å²) in [5.41, 5.74) is 0.430. The van der Waals surface area contributed by atoms with Crippen LogP contribution in [-0.4, -0.2) is 27.7 Å². The Hall–Kier alpha value is -1.76. The summed E-state index contributed by atoms with van der Waals surface area (Å²) in [7, 11) is -3.70. The van der Waals surface area contributed by atoms with Gasteiger partial charge in [0.25, 0.3) is 10.0 Å². The molecular formula is C17H18ClNO4S. The topological polar surface area (TPSA) is 64.6 Å². The zero-order chi connectivity index (χ0) is 17.0. The first-order chi connectivity index (χ1) is 11.5. The molecule has 1 N–H and O–H groups in total. The average Bonchev–Trinajstić information content (AvgIpc) is 3.06. The van der Waals surface area contributed by atoms with Gasteiger partial charge in [-0.25, -0.2) is 8.42 Å². The molecule has 0 bridgehead atoms. The molecule has 24 heavy (non-hydrogen) atoms. The quantitative estimate of drug-likeness (QED) is 0.845. The lowest BCUT2D eigenvalue weighted by Gasteiger charge is -2.13. The minimum absolute atomic E-state index is 0.108. The highest BCUT2D eigenvalue weighted by Gasteiger charge is 2.17. The van der Waals surface area contributed by atoms with Gasteiger partial charge in [-0.3, -0.25) is 4.72 Å². The maximum atomic E-state index is 12.4. The van der Waals surface area contributed by atoms with Gasteiger partial charge in [0.1, 0.15) is 12.4 Å². The van der Waals surface area contributed by atoms with E-state index < -0.39 is 10.0 Å². The fourth-order valence-corrected chi connectivity index (χ4v) is 3.81. The molecule has 7 heteroatoms. The fourth-order valence-electron chi connectivity index (χ4n) is 2.46. The van der Waals surface area contributed by atoms with Gasteiger partial charge in [0.05, 0.1) is 16.7 Å². The van der Waals surface area contributed by atoms with Crippen molar-refractivity contribution < 1.29 is 17.9 Å². The maximum Gasteiger partial charge on any atom is 0.261 e. The van der Waals surface area contributed by atoms with Gasteiger partial charge in [-0.2, -0.15) is 0 Å². The van der Waals surface area contributed by atoms with E-state index in [0.29, 0.717) is 23.1 Å². The molecule has 2 aromatic rings. The Bertz CT molecular complexity index is 804. The molecule has 0 spiro atoms. The molecule has 0 aliphatic carbocycles. The Morgan fingerprint density at radius 1 is 1.21 bits per heavy atom. The van der Waals surface area contributed by atoms with Gasteiger partial charge in [0, 0.05) is 17.7 Å². The molecule has 0 unspecified atom stereocenters. The van der Waals surface area contributed by atoms with Crippen LogP contribution in [-0.2, 0) is 14.8 Å². The number of halogens is 1. The second kappa shape index (κ2) is 7.42. The van der Waals surface area contributed by atoms with Crippen LogP contribution in [0, 0.1) is 0 Å². The number of rotatable bonds is 6. The van der Waals surface area contributed by atoms with Crippen molar-refractivity contribution in [1.29, 1.82) is 0 Å². The highest BCUT2D eigenvalue weighted by atomic mass is 35.5. The van der Waals surface area contributed by atoms with E-state index in [0.717, 1.165) is 19.4 Å². The smallest absolute Gasteiger partial charge is 0.261 e. The number of hydrogen-bond donors (Lipinski definition) is 1. The second-order valence-electron chi connectivity index (χ2n) is 5.54. The highest BCUT2D eigenvalue weighted by molar-refractivity contribution is 7.92. The third kappa shape index (κ3) is 4.41. The van der Waals surface area contributed by atoms with Crippen LogP contribution in [0.25, 0.3) is 0 Å². The van der Waals surface area contributed by atoms with E-state index in [1.807, 2.05) is 0 Å². The van der Waals surface area contributed by atoms with Crippen molar-refractivity contribution in [2.24, 2.45) is 0 Å². The number of hydrogen-bond acceptors (Lipinski definition) is 4. The molecule has 128 valence electrons. The van der Waals surface area contributed by atoms with E-state index in [4.69, 9.17) is 21.1 Å². The Kier molecular flexibility index (Phi) is 5.28. The minimum Gasteiger partial charge on any atom is -0.491 e. The van der Waals surface area contributed by atoms with E-state index in [-0.39, 0.29) is 11.0 Å². The van der Waals surface area contributed by atoms with Gasteiger partial charge in [-0.1, -0.05) is 23.7 Å². The largest absolute Gasteiger partial charge is 0.491 e. The second-order valence-corrected chi connectivity index (χ2v) is 7.66. The van der Waals surface area contributed by atoms with Crippen molar-refractivity contribution in [3.05, 3.63) is 53.6 Å². The molecule has 1 aliphatic rings. The van der Waals surface area contributed by atoms with Gasteiger partial charge in [0.15, 0.2) is 0 Å². The van der Waals surface area contributed by atoms with Gasteiger partial charge < -0.3 is 9.47 Å². The average molecular weight is 368 g/mol. The molecule has 0 radical (unpaired) electrons. The van der Waals surface area contributed by atoms with Crippen LogP contribution < -0.4 is 9.46 Å². The monoisotopic (exact) mass is 367 g/mol. The molecule has 3 rings (SSSR count). The van der Waals surface area contributed by atoms with E-state index in [1.54, 1.807) is 36.4 Å². The number of sulfonamides is 1. The third-order valence-electron chi connectivity index (χ3n) is 3.65. The summed E-state index contributed by atoms with van der Waals surface area (Å²) in [4.78, 5) is 0.112. The predicted octanol–water partition coefficient (Wildman–Crippen LogP) is 3.70. The van der Waals surface area contributed by atoms with E-state index in [1.165, 1.54) is 12.1 Å². The molecule has 2 aromatic carbocycles. The Morgan fingerprint density at radius 3 is 2.79 bits per heavy atom. The SMILES string of the molecule is O=S(=O)(Nc1cccc(OC[C@@H]2CCCO2)c1)c1cccc(Cl)c1. The first-order valence-corrected chi connectivity index (χ1v) is 9.52. The number of benzene rings is 2. The van der Waals surface area contributed by atoms with Crippen molar-refractivity contribution in [2.45, 2.75) is 23.8 Å². The summed E-state index contributed by atoms with van der Waals surface area (Å²) in [6.07, 6.45) is 2.14. The lowest BCUT2D eigenvalue weighted by atomic mass is 10.2. The molecule has 1 saturated heterocycles. The molecule has 1 fully saturated rings. The fraction of sp³-hybridized carbons (Fsp3) is 0.294. The van der Waals surface area contributed by atoms with Gasteiger partial charge >= 0.3 is 0 Å². The van der Waals surface area contributed by atoms with Crippen LogP contribution >= 0.6 is 11.6 Å². The third-order valence-corrected chi connectivity index (χ3v) is 5.27. The lowest BCUT2D eigenvalue weighted by molar-refractivity contribution is 0.0680. The predicted molar refractivity (Wildman–Crippen MR) is 93.2 cm³/mol. The van der Waals surface area contributed by atoms with Crippen LogP contribution in [0.2, 0.25) is 5.02 Å². The van der Waals surface area contributed by atoms with Gasteiger partial charge in [-0.05, 0) is 43.2 Å². The number of nitrogens with one attached hydrogen (secondary N) is 1. The van der Waals surface area contributed by atoms with Crippen molar-refractivity contribution in [1.82, 2.24) is 0 Å². The summed E-state index contributed by atoms with van der Waals surface area (Å²) in [6.45, 7) is 1.23. The molecule has 5 nitrogen and oxygen atoms in total. The molecule has 1 aliphatic heterocycles. The normalized spacial score (nSPS) is 17.6. The zero-order valence-electron chi connectivity index (χ0n) is 12.9. The summed E-state index contributed by atoms with van der Waals surface area (Å²) < 4.78 is 38.5. The van der Waals surface area contributed by atoms with Crippen molar-refractivity contribution >= 4 is 27.3 Å². The van der Waals surface area contributed by atoms with Crippen molar-refractivity contribution in [2.75, 3.05) is 17.9 Å². The van der Waals surface area contributed by atoms with Crippen LogP contribution in [0.5, 0.6) is 5.75 Å². The van der Waals surface area contributed by atoms with E-state index in [2.05, 4.69) is 4.72 Å². The van der Waals surface area contributed by atoms with Crippen molar-refractivity contribution in [3.63, 3.8) is 0 Å².